The predicted octanol–water partition coefficient (Wildman–Crippen LogP) is 0.598. The molecule has 5 heteroatoms. The Morgan fingerprint density at radius 1 is 1.38 bits per heavy atom. The maximum absolute atomic E-state index is 12.0. The first-order valence-corrected chi connectivity index (χ1v) is 6.99. The molecule has 1 aromatic rings. The van der Waals surface area contributed by atoms with Gasteiger partial charge in [-0.05, 0) is 25.1 Å². The summed E-state index contributed by atoms with van der Waals surface area (Å²) < 4.78 is 25.6. The molecule has 1 aliphatic heterocycles. The van der Waals surface area contributed by atoms with E-state index in [4.69, 9.17) is 0 Å². The lowest BCUT2D eigenvalue weighted by Crippen LogP contribution is -2.34. The fraction of sp³-hybridized carbons (Fsp3) is 0.455. The molecule has 0 spiro atoms. The van der Waals surface area contributed by atoms with E-state index in [0.717, 1.165) is 17.7 Å². The third-order valence-corrected chi connectivity index (χ3v) is 4.56. The fourth-order valence-corrected chi connectivity index (χ4v) is 3.47. The minimum atomic E-state index is -3.16. The molecule has 0 atom stereocenters. The molecule has 0 aliphatic carbocycles. The average molecular weight is 240 g/mol. The minimum absolute atomic E-state index is 0.151. The number of fused-ring (bicyclic) bond motifs is 1. The summed E-state index contributed by atoms with van der Waals surface area (Å²) in [6.45, 7) is 1.06. The summed E-state index contributed by atoms with van der Waals surface area (Å²) in [5.74, 6) is 0.151. The van der Waals surface area contributed by atoms with Gasteiger partial charge in [0.1, 0.15) is 0 Å². The molecule has 1 N–H and O–H groups in total. The summed E-state index contributed by atoms with van der Waals surface area (Å²) in [6.07, 6.45) is 0.814. The van der Waals surface area contributed by atoms with Crippen molar-refractivity contribution in [2.75, 3.05) is 30.2 Å². The van der Waals surface area contributed by atoms with E-state index < -0.39 is 10.0 Å². The normalized spacial score (nSPS) is 15.2. The highest BCUT2D eigenvalue weighted by atomic mass is 32.2. The summed E-state index contributed by atoms with van der Waals surface area (Å²) in [5.41, 5.74) is 1.97. The molecule has 88 valence electrons. The summed E-state index contributed by atoms with van der Waals surface area (Å²) in [5, 5.41) is 2.87. The Kier molecular flexibility index (Phi) is 3.16. The quantitative estimate of drug-likeness (QED) is 0.838. The summed E-state index contributed by atoms with van der Waals surface area (Å²) in [4.78, 5) is 0. The van der Waals surface area contributed by atoms with Crippen LogP contribution in [0.2, 0.25) is 0 Å². The van der Waals surface area contributed by atoms with E-state index in [2.05, 4.69) is 5.32 Å². The van der Waals surface area contributed by atoms with Crippen LogP contribution in [0.5, 0.6) is 0 Å². The average Bonchev–Trinajstić information content (AvgIpc) is 2.71. The molecule has 0 saturated carbocycles. The van der Waals surface area contributed by atoms with Gasteiger partial charge in [-0.2, -0.15) is 0 Å². The second-order valence-corrected chi connectivity index (χ2v) is 5.88. The Labute approximate surface area is 96.3 Å². The highest BCUT2D eigenvalue weighted by molar-refractivity contribution is 7.92. The number of sulfonamides is 1. The van der Waals surface area contributed by atoms with Crippen molar-refractivity contribution in [3.05, 3.63) is 29.8 Å². The van der Waals surface area contributed by atoms with Gasteiger partial charge in [0.05, 0.1) is 11.4 Å². The van der Waals surface area contributed by atoms with Crippen molar-refractivity contribution >= 4 is 15.7 Å². The van der Waals surface area contributed by atoms with Crippen molar-refractivity contribution in [1.82, 2.24) is 5.32 Å². The molecule has 1 aliphatic rings. The molecule has 2 rings (SSSR count). The molecular weight excluding hydrogens is 224 g/mol. The number of nitrogens with zero attached hydrogens (tertiary/aromatic N) is 1. The van der Waals surface area contributed by atoms with Crippen molar-refractivity contribution < 1.29 is 8.42 Å². The zero-order chi connectivity index (χ0) is 11.6. The number of para-hydroxylation sites is 1. The molecule has 1 aromatic carbocycles. The van der Waals surface area contributed by atoms with Crippen LogP contribution in [0, 0.1) is 0 Å². The van der Waals surface area contributed by atoms with Crippen LogP contribution in [0.1, 0.15) is 5.56 Å². The van der Waals surface area contributed by atoms with Gasteiger partial charge in [-0.1, -0.05) is 18.2 Å². The van der Waals surface area contributed by atoms with Gasteiger partial charge in [0.2, 0.25) is 10.0 Å². The van der Waals surface area contributed by atoms with Crippen molar-refractivity contribution in [2.24, 2.45) is 0 Å². The molecule has 0 aromatic heterocycles. The molecule has 0 radical (unpaired) electrons. The van der Waals surface area contributed by atoms with Gasteiger partial charge in [0.15, 0.2) is 0 Å². The predicted molar refractivity (Wildman–Crippen MR) is 65.2 cm³/mol. The topological polar surface area (TPSA) is 49.4 Å². The minimum Gasteiger partial charge on any atom is -0.319 e. The number of nitrogens with one attached hydrogen (secondary N) is 1. The summed E-state index contributed by atoms with van der Waals surface area (Å²) in [7, 11) is -1.41. The van der Waals surface area contributed by atoms with E-state index in [-0.39, 0.29) is 5.75 Å². The largest absolute Gasteiger partial charge is 0.319 e. The molecular formula is C11H16N2O2S. The van der Waals surface area contributed by atoms with E-state index >= 15 is 0 Å². The Balaban J connectivity index is 2.25. The lowest BCUT2D eigenvalue weighted by Gasteiger charge is -2.19. The molecule has 0 amide bonds. The molecule has 1 heterocycles. The molecule has 16 heavy (non-hydrogen) atoms. The Morgan fingerprint density at radius 2 is 2.12 bits per heavy atom. The van der Waals surface area contributed by atoms with Crippen LogP contribution in [-0.4, -0.2) is 34.3 Å². The zero-order valence-electron chi connectivity index (χ0n) is 9.31. The summed E-state index contributed by atoms with van der Waals surface area (Å²) in [6, 6.07) is 7.69. The van der Waals surface area contributed by atoms with Gasteiger partial charge < -0.3 is 5.32 Å². The zero-order valence-corrected chi connectivity index (χ0v) is 10.1. The van der Waals surface area contributed by atoms with E-state index in [1.807, 2.05) is 24.3 Å². The Hall–Kier alpha value is -1.07. The first-order chi connectivity index (χ1) is 7.65. The van der Waals surface area contributed by atoms with E-state index in [1.54, 1.807) is 7.05 Å². The maximum atomic E-state index is 12.0. The Morgan fingerprint density at radius 3 is 2.88 bits per heavy atom. The molecule has 0 bridgehead atoms. The van der Waals surface area contributed by atoms with Crippen LogP contribution < -0.4 is 9.62 Å². The molecule has 0 unspecified atom stereocenters. The standard InChI is InChI=1S/C11H16N2O2S/c1-12-7-9-16(14,15)13-8-6-10-4-2-3-5-11(10)13/h2-5,12H,6-9H2,1H3. The maximum Gasteiger partial charge on any atom is 0.236 e. The van der Waals surface area contributed by atoms with Crippen LogP contribution in [0.4, 0.5) is 5.69 Å². The van der Waals surface area contributed by atoms with E-state index in [1.165, 1.54) is 4.31 Å². The fourth-order valence-electron chi connectivity index (χ4n) is 1.94. The van der Waals surface area contributed by atoms with Gasteiger partial charge in [0, 0.05) is 13.1 Å². The van der Waals surface area contributed by atoms with Crippen LogP contribution in [0.3, 0.4) is 0 Å². The van der Waals surface area contributed by atoms with Gasteiger partial charge in [0.25, 0.3) is 0 Å². The van der Waals surface area contributed by atoms with Gasteiger partial charge >= 0.3 is 0 Å². The molecule has 0 saturated heterocycles. The van der Waals surface area contributed by atoms with E-state index in [9.17, 15) is 8.42 Å². The number of hydrogen-bond donors (Lipinski definition) is 1. The third kappa shape index (κ3) is 2.05. The monoisotopic (exact) mass is 240 g/mol. The molecule has 0 fully saturated rings. The van der Waals surface area contributed by atoms with Crippen molar-refractivity contribution in [1.29, 1.82) is 0 Å². The number of anilines is 1. The van der Waals surface area contributed by atoms with Gasteiger partial charge in [-0.3, -0.25) is 4.31 Å². The van der Waals surface area contributed by atoms with Crippen LogP contribution in [0.25, 0.3) is 0 Å². The lowest BCUT2D eigenvalue weighted by atomic mass is 10.2. The van der Waals surface area contributed by atoms with Crippen molar-refractivity contribution in [3.63, 3.8) is 0 Å². The van der Waals surface area contributed by atoms with Crippen LogP contribution in [-0.2, 0) is 16.4 Å². The highest BCUT2D eigenvalue weighted by Crippen LogP contribution is 2.29. The van der Waals surface area contributed by atoms with Gasteiger partial charge in [-0.15, -0.1) is 0 Å². The van der Waals surface area contributed by atoms with Crippen LogP contribution in [0.15, 0.2) is 24.3 Å². The number of rotatable bonds is 4. The first-order valence-electron chi connectivity index (χ1n) is 5.38. The number of hydrogen-bond acceptors (Lipinski definition) is 3. The smallest absolute Gasteiger partial charge is 0.236 e. The van der Waals surface area contributed by atoms with Gasteiger partial charge in [-0.25, -0.2) is 8.42 Å². The van der Waals surface area contributed by atoms with Crippen molar-refractivity contribution in [2.45, 2.75) is 6.42 Å². The third-order valence-electron chi connectivity index (χ3n) is 2.79. The summed E-state index contributed by atoms with van der Waals surface area (Å²) >= 11 is 0. The van der Waals surface area contributed by atoms with Crippen molar-refractivity contribution in [3.8, 4) is 0 Å². The Bertz CT molecular complexity index is 471. The second-order valence-electron chi connectivity index (χ2n) is 3.87. The molecule has 4 nitrogen and oxygen atoms in total. The lowest BCUT2D eigenvalue weighted by molar-refractivity contribution is 0.590. The number of benzene rings is 1. The first kappa shape index (κ1) is 11.4. The van der Waals surface area contributed by atoms with Crippen LogP contribution >= 0.6 is 0 Å². The van der Waals surface area contributed by atoms with E-state index in [0.29, 0.717) is 13.1 Å². The SMILES string of the molecule is CNCCS(=O)(=O)N1CCc2ccccc21. The second kappa shape index (κ2) is 4.43. The highest BCUT2D eigenvalue weighted by Gasteiger charge is 2.28.